The number of amides is 8. The van der Waals surface area contributed by atoms with E-state index in [1.807, 2.05) is 0 Å². The summed E-state index contributed by atoms with van der Waals surface area (Å²) in [6.07, 6.45) is -1.96. The number of aromatic hydroxyl groups is 1. The van der Waals surface area contributed by atoms with Crippen LogP contribution in [0.1, 0.15) is 99.5 Å². The van der Waals surface area contributed by atoms with E-state index < -0.39 is 151 Å². The number of aliphatic hydroxyl groups is 2. The van der Waals surface area contributed by atoms with Crippen LogP contribution in [0, 0.1) is 17.8 Å². The molecule has 10 atom stereocenters. The molecule has 0 heterocycles. The summed E-state index contributed by atoms with van der Waals surface area (Å²) >= 11 is 0. The molecule has 0 unspecified atom stereocenters. The van der Waals surface area contributed by atoms with Crippen molar-refractivity contribution in [2.75, 3.05) is 13.2 Å². The first-order valence-corrected chi connectivity index (χ1v) is 23.5. The van der Waals surface area contributed by atoms with Gasteiger partial charge >= 0.3 is 11.9 Å². The number of carboxylic acids is 2. The second kappa shape index (κ2) is 31.0. The third-order valence-corrected chi connectivity index (χ3v) is 11.0. The molecule has 400 valence electrons. The van der Waals surface area contributed by atoms with Gasteiger partial charge in [-0.3, -0.25) is 43.2 Å². The van der Waals surface area contributed by atoms with Gasteiger partial charge in [0.15, 0.2) is 0 Å². The van der Waals surface area contributed by atoms with Crippen LogP contribution in [0.5, 0.6) is 5.75 Å². The number of aliphatic hydroxyl groups excluding tert-OH is 2. The summed E-state index contributed by atoms with van der Waals surface area (Å²) in [6.45, 7) is 11.6. The second-order valence-corrected chi connectivity index (χ2v) is 18.5. The standard InChI is InChI=1S/C46H76N10O15/c1-22(2)19-32(46(70)71)52-44(68)36(24(5)6)54-39(63)29(11-9-10-18-47)50-43(67)35(23(3)4)55-41(65)31(20-27-12-14-28(59)15-13-27)51-42(66)33(21-57)53-45(69)37(26(8)58)56-40(64)30(16-17-34(60)61)49-38(62)25(7)48/h12-15,22-26,29-33,35-37,57-59H,9-11,16-21,47-48H2,1-8H3,(H,49,62)(H,50,67)(H,51,66)(H,52,68)(H,53,69)(H,54,63)(H,55,65)(H,56,64)(H,60,61)(H,70,71)/t25-,26+,29-,30-,31-,32-,33-,35-,36-,37-/m0/s1. The zero-order valence-corrected chi connectivity index (χ0v) is 41.7. The maximum absolute atomic E-state index is 14.2. The summed E-state index contributed by atoms with van der Waals surface area (Å²) in [4.78, 5) is 131. The number of carbonyl (C=O) groups excluding carboxylic acids is 8. The first-order valence-electron chi connectivity index (χ1n) is 23.5. The van der Waals surface area contributed by atoms with Gasteiger partial charge in [-0.2, -0.15) is 0 Å². The molecule has 1 aromatic carbocycles. The van der Waals surface area contributed by atoms with Gasteiger partial charge in [-0.1, -0.05) is 53.7 Å². The molecule has 0 bridgehead atoms. The lowest BCUT2D eigenvalue weighted by molar-refractivity contribution is -0.143. The molecule has 71 heavy (non-hydrogen) atoms. The minimum absolute atomic E-state index is 0.0495. The Morgan fingerprint density at radius 3 is 1.39 bits per heavy atom. The van der Waals surface area contributed by atoms with Crippen molar-refractivity contribution < 1.29 is 73.5 Å². The fourth-order valence-electron chi connectivity index (χ4n) is 6.86. The van der Waals surface area contributed by atoms with E-state index in [0.717, 1.165) is 6.92 Å². The van der Waals surface area contributed by atoms with Crippen LogP contribution >= 0.6 is 0 Å². The zero-order valence-electron chi connectivity index (χ0n) is 41.7. The zero-order chi connectivity index (χ0) is 54.3. The Balaban J connectivity index is 3.47. The van der Waals surface area contributed by atoms with Crippen LogP contribution in [0.25, 0.3) is 0 Å². The molecule has 25 heteroatoms. The van der Waals surface area contributed by atoms with Crippen molar-refractivity contribution in [3.8, 4) is 5.75 Å². The monoisotopic (exact) mass is 1010 g/mol. The van der Waals surface area contributed by atoms with Crippen molar-refractivity contribution in [3.05, 3.63) is 29.8 Å². The number of hydrogen-bond acceptors (Lipinski definition) is 15. The predicted octanol–water partition coefficient (Wildman–Crippen LogP) is -3.03. The highest BCUT2D eigenvalue weighted by Gasteiger charge is 2.37. The van der Waals surface area contributed by atoms with Gasteiger partial charge in [0.1, 0.15) is 54.1 Å². The molecule has 1 aromatic rings. The molecule has 17 N–H and O–H groups in total. The summed E-state index contributed by atoms with van der Waals surface area (Å²) < 4.78 is 0. The van der Waals surface area contributed by atoms with Crippen LogP contribution in [-0.4, -0.2) is 158 Å². The van der Waals surface area contributed by atoms with E-state index in [0.29, 0.717) is 18.4 Å². The quantitative estimate of drug-likeness (QED) is 0.0319. The lowest BCUT2D eigenvalue weighted by atomic mass is 9.98. The van der Waals surface area contributed by atoms with Gasteiger partial charge in [-0.25, -0.2) is 4.79 Å². The summed E-state index contributed by atoms with van der Waals surface area (Å²) in [5.74, 6) is -11.5. The number of aliphatic carboxylic acids is 2. The Bertz CT molecular complexity index is 1970. The second-order valence-electron chi connectivity index (χ2n) is 18.5. The van der Waals surface area contributed by atoms with E-state index in [2.05, 4.69) is 42.5 Å². The van der Waals surface area contributed by atoms with Crippen molar-refractivity contribution in [2.24, 2.45) is 29.2 Å². The molecule has 0 aliphatic heterocycles. The molecule has 0 fully saturated rings. The molecule has 0 saturated heterocycles. The smallest absolute Gasteiger partial charge is 0.326 e. The molecule has 8 amide bonds. The lowest BCUT2D eigenvalue weighted by Crippen LogP contribution is -2.62. The van der Waals surface area contributed by atoms with Gasteiger partial charge in [0.25, 0.3) is 0 Å². The average Bonchev–Trinajstić information content (AvgIpc) is 3.28. The van der Waals surface area contributed by atoms with Crippen LogP contribution in [0.3, 0.4) is 0 Å². The molecule has 0 radical (unpaired) electrons. The van der Waals surface area contributed by atoms with Gasteiger partial charge < -0.3 is 79.5 Å². The van der Waals surface area contributed by atoms with Crippen LogP contribution in [0.2, 0.25) is 0 Å². The number of nitrogens with one attached hydrogen (secondary N) is 8. The lowest BCUT2D eigenvalue weighted by Gasteiger charge is -2.30. The number of unbranched alkanes of at least 4 members (excludes halogenated alkanes) is 1. The molecule has 25 nitrogen and oxygen atoms in total. The maximum atomic E-state index is 14.2. The fraction of sp³-hybridized carbons (Fsp3) is 0.652. The van der Waals surface area contributed by atoms with Gasteiger partial charge in [0.2, 0.25) is 47.3 Å². The Labute approximate surface area is 413 Å². The highest BCUT2D eigenvalue weighted by molar-refractivity contribution is 5.98. The Hall–Kier alpha value is -6.44. The molecule has 0 aliphatic carbocycles. The van der Waals surface area contributed by atoms with E-state index in [4.69, 9.17) is 16.6 Å². The molecule has 1 rings (SSSR count). The highest BCUT2D eigenvalue weighted by Crippen LogP contribution is 2.14. The fourth-order valence-corrected chi connectivity index (χ4v) is 6.86. The third-order valence-electron chi connectivity index (χ3n) is 11.0. The number of benzene rings is 1. The van der Waals surface area contributed by atoms with Crippen LogP contribution < -0.4 is 54.0 Å². The maximum Gasteiger partial charge on any atom is 0.326 e. The summed E-state index contributed by atoms with van der Waals surface area (Å²) in [6, 6.07) is -7.42. The number of nitrogens with two attached hydrogens (primary N) is 2. The number of carbonyl (C=O) groups is 10. The minimum atomic E-state index is -1.84. The Morgan fingerprint density at radius 2 is 0.958 bits per heavy atom. The first kappa shape index (κ1) is 62.6. The van der Waals surface area contributed by atoms with E-state index in [-0.39, 0.29) is 37.5 Å². The molecule has 0 saturated carbocycles. The van der Waals surface area contributed by atoms with Crippen molar-refractivity contribution in [3.63, 3.8) is 0 Å². The molecular weight excluding hydrogens is 933 g/mol. The molecule has 0 aromatic heterocycles. The van der Waals surface area contributed by atoms with Crippen molar-refractivity contribution >= 4 is 59.2 Å². The van der Waals surface area contributed by atoms with Gasteiger partial charge in [-0.15, -0.1) is 0 Å². The predicted molar refractivity (Wildman–Crippen MR) is 256 cm³/mol. The van der Waals surface area contributed by atoms with Crippen LogP contribution in [0.4, 0.5) is 0 Å². The van der Waals surface area contributed by atoms with E-state index in [9.17, 15) is 68.4 Å². The Kier molecular flexibility index (Phi) is 27.3. The number of carboxylic acid groups (broad SMARTS) is 2. The van der Waals surface area contributed by atoms with E-state index in [1.165, 1.54) is 31.2 Å². The van der Waals surface area contributed by atoms with Gasteiger partial charge in [-0.05, 0) is 87.9 Å². The number of rotatable bonds is 32. The normalized spacial score (nSPS) is 15.5. The van der Waals surface area contributed by atoms with Crippen molar-refractivity contribution in [1.29, 1.82) is 0 Å². The summed E-state index contributed by atoms with van der Waals surface area (Å²) in [5, 5.41) is 69.0. The van der Waals surface area contributed by atoms with Gasteiger partial charge in [0.05, 0.1) is 18.8 Å². The summed E-state index contributed by atoms with van der Waals surface area (Å²) in [7, 11) is 0. The van der Waals surface area contributed by atoms with Crippen molar-refractivity contribution in [1.82, 2.24) is 42.5 Å². The number of hydrogen-bond donors (Lipinski definition) is 15. The molecular formula is C46H76N10O15. The van der Waals surface area contributed by atoms with E-state index >= 15 is 0 Å². The van der Waals surface area contributed by atoms with E-state index in [1.54, 1.807) is 41.5 Å². The van der Waals surface area contributed by atoms with Crippen molar-refractivity contribution in [2.45, 2.75) is 161 Å². The number of phenolic OH excluding ortho intramolecular Hbond substituents is 1. The minimum Gasteiger partial charge on any atom is -0.508 e. The number of phenols is 1. The highest BCUT2D eigenvalue weighted by atomic mass is 16.4. The third kappa shape index (κ3) is 22.5. The largest absolute Gasteiger partial charge is 0.508 e. The molecule has 0 aliphatic rings. The van der Waals surface area contributed by atoms with Crippen LogP contribution in [0.15, 0.2) is 24.3 Å². The average molecular weight is 1010 g/mol. The van der Waals surface area contributed by atoms with Crippen LogP contribution in [-0.2, 0) is 54.4 Å². The first-order chi connectivity index (χ1) is 33.1. The Morgan fingerprint density at radius 1 is 0.535 bits per heavy atom. The molecule has 0 spiro atoms. The van der Waals surface area contributed by atoms with Gasteiger partial charge in [0, 0.05) is 12.8 Å². The summed E-state index contributed by atoms with van der Waals surface area (Å²) in [5.41, 5.74) is 11.7. The topological polar surface area (TPSA) is 420 Å². The SMILES string of the molecule is CC(C)C[C@H](NC(=O)[C@@H](NC(=O)[C@H](CCCCN)NC(=O)[C@@H](NC(=O)[C@H](Cc1ccc(O)cc1)NC(=O)[C@H](CO)NC(=O)[C@@H](NC(=O)[C@H](CCC(=O)O)NC(=O)[C@H](C)N)[C@@H](C)O)C(C)C)C(C)C)C(=O)O.